The van der Waals surface area contributed by atoms with Gasteiger partial charge >= 0.3 is 0 Å². The van der Waals surface area contributed by atoms with Gasteiger partial charge in [-0.2, -0.15) is 0 Å². The first-order chi connectivity index (χ1) is 12.9. The lowest BCUT2D eigenvalue weighted by Gasteiger charge is -2.62. The number of carbonyl (C=O) groups excluding carboxylic acids is 3. The first kappa shape index (κ1) is 18.0. The molecule has 0 aromatic heterocycles. The van der Waals surface area contributed by atoms with E-state index in [9.17, 15) is 14.4 Å². The van der Waals surface area contributed by atoms with E-state index in [4.69, 9.17) is 0 Å². The highest BCUT2D eigenvalue weighted by molar-refractivity contribution is 6.02. The minimum absolute atomic E-state index is 0.0111. The molecule has 3 heterocycles. The Morgan fingerprint density at radius 3 is 2.30 bits per heavy atom. The molecule has 0 radical (unpaired) electrons. The average molecular weight is 369 g/mol. The number of fused-ring (bicyclic) bond motifs is 1. The maximum Gasteiger partial charge on any atom is 0.255 e. The third kappa shape index (κ3) is 2.57. The van der Waals surface area contributed by atoms with Crippen molar-refractivity contribution in [3.8, 4) is 0 Å². The molecule has 6 nitrogen and oxygen atoms in total. The molecular formula is C21H27N3O3. The molecule has 2 saturated heterocycles. The minimum Gasteiger partial charge on any atom is -0.342 e. The molecule has 1 atom stereocenters. The van der Waals surface area contributed by atoms with Crippen LogP contribution >= 0.6 is 0 Å². The van der Waals surface area contributed by atoms with Gasteiger partial charge in [-0.3, -0.25) is 14.4 Å². The summed E-state index contributed by atoms with van der Waals surface area (Å²) in [4.78, 5) is 44.4. The van der Waals surface area contributed by atoms with E-state index in [-0.39, 0.29) is 23.8 Å². The Hall–Kier alpha value is -2.37. The lowest BCUT2D eigenvalue weighted by atomic mass is 9.67. The fraction of sp³-hybridized carbons (Fsp3) is 0.571. The van der Waals surface area contributed by atoms with Gasteiger partial charge in [-0.1, -0.05) is 18.2 Å². The van der Waals surface area contributed by atoms with Crippen LogP contribution in [0.4, 0.5) is 0 Å². The molecular weight excluding hydrogens is 342 g/mol. The summed E-state index contributed by atoms with van der Waals surface area (Å²) < 4.78 is 0. The van der Waals surface area contributed by atoms with E-state index >= 15 is 0 Å². The number of rotatable bonds is 2. The normalized spacial score (nSPS) is 23.6. The van der Waals surface area contributed by atoms with Crippen LogP contribution < -0.4 is 0 Å². The molecule has 1 spiro atoms. The molecule has 3 aliphatic heterocycles. The van der Waals surface area contributed by atoms with Gasteiger partial charge < -0.3 is 14.7 Å². The van der Waals surface area contributed by atoms with Gasteiger partial charge in [0, 0.05) is 44.7 Å². The van der Waals surface area contributed by atoms with Crippen LogP contribution in [0.2, 0.25) is 0 Å². The summed E-state index contributed by atoms with van der Waals surface area (Å²) in [5.41, 5.74) is 0.792. The molecule has 1 aromatic rings. The summed E-state index contributed by atoms with van der Waals surface area (Å²) in [7, 11) is 0. The van der Waals surface area contributed by atoms with Crippen molar-refractivity contribution in [3.05, 3.63) is 35.4 Å². The zero-order chi connectivity index (χ0) is 19.3. The first-order valence-corrected chi connectivity index (χ1v) is 9.84. The molecule has 0 saturated carbocycles. The largest absolute Gasteiger partial charge is 0.342 e. The SMILES string of the molecule is CC(=O)N1CC2(C1)C(C(=O)N1CCCC1)c1ccccc1C(=O)N2C(C)C. The quantitative estimate of drug-likeness (QED) is 0.799. The molecule has 0 bridgehead atoms. The highest BCUT2D eigenvalue weighted by Crippen LogP contribution is 2.48. The van der Waals surface area contributed by atoms with E-state index in [1.807, 2.05) is 47.9 Å². The highest BCUT2D eigenvalue weighted by atomic mass is 16.2. The Morgan fingerprint density at radius 1 is 1.07 bits per heavy atom. The van der Waals surface area contributed by atoms with Gasteiger partial charge in [0.15, 0.2) is 0 Å². The van der Waals surface area contributed by atoms with Crippen molar-refractivity contribution < 1.29 is 14.4 Å². The Morgan fingerprint density at radius 2 is 1.70 bits per heavy atom. The zero-order valence-corrected chi connectivity index (χ0v) is 16.3. The predicted octanol–water partition coefficient (Wildman–Crippen LogP) is 1.86. The van der Waals surface area contributed by atoms with E-state index in [0.29, 0.717) is 18.7 Å². The summed E-state index contributed by atoms with van der Waals surface area (Å²) >= 11 is 0. The molecule has 2 fully saturated rings. The Kier molecular flexibility index (Phi) is 4.24. The number of hydrogen-bond acceptors (Lipinski definition) is 3. The molecule has 0 N–H and O–H groups in total. The third-order valence-corrected chi connectivity index (χ3v) is 6.29. The van der Waals surface area contributed by atoms with Gasteiger partial charge in [-0.05, 0) is 38.3 Å². The molecule has 6 heteroatoms. The highest BCUT2D eigenvalue weighted by Gasteiger charge is 2.62. The van der Waals surface area contributed by atoms with E-state index < -0.39 is 11.5 Å². The van der Waals surface area contributed by atoms with Crippen molar-refractivity contribution in [3.63, 3.8) is 0 Å². The van der Waals surface area contributed by atoms with Crippen molar-refractivity contribution in [2.24, 2.45) is 0 Å². The van der Waals surface area contributed by atoms with Crippen molar-refractivity contribution >= 4 is 17.7 Å². The van der Waals surface area contributed by atoms with Gasteiger partial charge in [0.05, 0.1) is 11.5 Å². The van der Waals surface area contributed by atoms with Crippen LogP contribution in [0, 0.1) is 0 Å². The fourth-order valence-corrected chi connectivity index (χ4v) is 5.11. The van der Waals surface area contributed by atoms with E-state index in [1.54, 1.807) is 11.8 Å². The van der Waals surface area contributed by atoms with Crippen LogP contribution in [-0.2, 0) is 9.59 Å². The molecule has 144 valence electrons. The topological polar surface area (TPSA) is 60.9 Å². The minimum atomic E-state index is -0.648. The second-order valence-corrected chi connectivity index (χ2v) is 8.30. The summed E-state index contributed by atoms with van der Waals surface area (Å²) in [5, 5.41) is 0. The molecule has 3 aliphatic rings. The van der Waals surface area contributed by atoms with Crippen LogP contribution in [0.1, 0.15) is 55.5 Å². The molecule has 0 aliphatic carbocycles. The maximum absolute atomic E-state index is 13.6. The number of hydrogen-bond donors (Lipinski definition) is 0. The monoisotopic (exact) mass is 369 g/mol. The van der Waals surface area contributed by atoms with Gasteiger partial charge in [0.2, 0.25) is 11.8 Å². The Bertz CT molecular complexity index is 792. The number of amides is 3. The standard InChI is InChI=1S/C21H27N3O3/c1-14(2)24-19(26)17-9-5-4-8-16(17)18(20(27)22-10-6-7-11-22)21(24)12-23(13-21)15(3)25/h4-5,8-9,14,18H,6-7,10-13H2,1-3H3. The van der Waals surface area contributed by atoms with E-state index in [1.165, 1.54) is 0 Å². The van der Waals surface area contributed by atoms with E-state index in [0.717, 1.165) is 31.5 Å². The number of likely N-dealkylation sites (tertiary alicyclic amines) is 2. The van der Waals surface area contributed by atoms with Crippen LogP contribution in [0.15, 0.2) is 24.3 Å². The van der Waals surface area contributed by atoms with Crippen LogP contribution in [0.5, 0.6) is 0 Å². The van der Waals surface area contributed by atoms with Gasteiger partial charge in [-0.25, -0.2) is 0 Å². The van der Waals surface area contributed by atoms with Crippen LogP contribution in [-0.4, -0.2) is 70.2 Å². The summed E-state index contributed by atoms with van der Waals surface area (Å²) in [6, 6.07) is 7.45. The number of benzene rings is 1. The van der Waals surface area contributed by atoms with Crippen LogP contribution in [0.25, 0.3) is 0 Å². The maximum atomic E-state index is 13.6. The predicted molar refractivity (Wildman–Crippen MR) is 101 cm³/mol. The summed E-state index contributed by atoms with van der Waals surface area (Å²) in [6.45, 7) is 7.92. The van der Waals surface area contributed by atoms with Crippen molar-refractivity contribution in [2.75, 3.05) is 26.2 Å². The molecule has 27 heavy (non-hydrogen) atoms. The second-order valence-electron chi connectivity index (χ2n) is 8.30. The third-order valence-electron chi connectivity index (χ3n) is 6.29. The average Bonchev–Trinajstić information content (AvgIpc) is 3.12. The molecule has 1 aromatic carbocycles. The lowest BCUT2D eigenvalue weighted by molar-refractivity contribution is -0.155. The fourth-order valence-electron chi connectivity index (χ4n) is 5.11. The van der Waals surface area contributed by atoms with Crippen molar-refractivity contribution in [1.29, 1.82) is 0 Å². The smallest absolute Gasteiger partial charge is 0.255 e. The summed E-state index contributed by atoms with van der Waals surface area (Å²) in [6.07, 6.45) is 2.05. The van der Waals surface area contributed by atoms with E-state index in [2.05, 4.69) is 0 Å². The molecule has 3 amide bonds. The lowest BCUT2D eigenvalue weighted by Crippen LogP contribution is -2.78. The van der Waals surface area contributed by atoms with Gasteiger partial charge in [0.1, 0.15) is 0 Å². The summed E-state index contributed by atoms with van der Waals surface area (Å²) in [5.74, 6) is -0.360. The van der Waals surface area contributed by atoms with Gasteiger partial charge in [-0.15, -0.1) is 0 Å². The van der Waals surface area contributed by atoms with Gasteiger partial charge in [0.25, 0.3) is 5.91 Å². The second kappa shape index (κ2) is 6.36. The first-order valence-electron chi connectivity index (χ1n) is 9.84. The Labute approximate surface area is 160 Å². The molecule has 4 rings (SSSR count). The number of carbonyl (C=O) groups is 3. The number of nitrogens with zero attached hydrogens (tertiary/aromatic N) is 3. The molecule has 1 unspecified atom stereocenters. The van der Waals surface area contributed by atoms with Crippen molar-refractivity contribution in [1.82, 2.24) is 14.7 Å². The van der Waals surface area contributed by atoms with Crippen LogP contribution in [0.3, 0.4) is 0 Å². The zero-order valence-electron chi connectivity index (χ0n) is 16.3. The van der Waals surface area contributed by atoms with Crippen molar-refractivity contribution in [2.45, 2.75) is 51.1 Å². The Balaban J connectivity index is 1.85.